The first-order chi connectivity index (χ1) is 7.92. The number of hydrazine groups is 1. The van der Waals surface area contributed by atoms with Crippen molar-refractivity contribution in [2.24, 2.45) is 0 Å². The fourth-order valence-electron chi connectivity index (χ4n) is 1.91. The van der Waals surface area contributed by atoms with E-state index in [-0.39, 0.29) is 6.23 Å². The standard InChI is InChI=1S/C13H20N2O/c1-2-3-11-16-13-9-10-14-15(13)12-7-5-4-6-8-12/h4-8,13-14H,2-3,9-11H2,1H3. The van der Waals surface area contributed by atoms with Crippen LogP contribution in [0.1, 0.15) is 26.2 Å². The summed E-state index contributed by atoms with van der Waals surface area (Å²) in [5.41, 5.74) is 4.54. The fraction of sp³-hybridized carbons (Fsp3) is 0.538. The van der Waals surface area contributed by atoms with Crippen LogP contribution < -0.4 is 10.4 Å². The number of para-hydroxylation sites is 1. The molecule has 16 heavy (non-hydrogen) atoms. The first-order valence-corrected chi connectivity index (χ1v) is 6.11. The van der Waals surface area contributed by atoms with Crippen molar-refractivity contribution in [3.05, 3.63) is 30.3 Å². The van der Waals surface area contributed by atoms with Crippen molar-refractivity contribution in [1.82, 2.24) is 5.43 Å². The highest BCUT2D eigenvalue weighted by Gasteiger charge is 2.24. The Morgan fingerprint density at radius 2 is 2.19 bits per heavy atom. The van der Waals surface area contributed by atoms with Crippen LogP contribution in [-0.2, 0) is 4.74 Å². The summed E-state index contributed by atoms with van der Waals surface area (Å²) in [5.74, 6) is 0. The van der Waals surface area contributed by atoms with Gasteiger partial charge in [0.15, 0.2) is 0 Å². The second kappa shape index (κ2) is 5.87. The lowest BCUT2D eigenvalue weighted by atomic mass is 10.3. The summed E-state index contributed by atoms with van der Waals surface area (Å²) in [6, 6.07) is 10.4. The molecule has 1 aliphatic heterocycles. The fourth-order valence-corrected chi connectivity index (χ4v) is 1.91. The van der Waals surface area contributed by atoms with Crippen molar-refractivity contribution >= 4 is 5.69 Å². The van der Waals surface area contributed by atoms with Crippen molar-refractivity contribution in [2.45, 2.75) is 32.4 Å². The van der Waals surface area contributed by atoms with E-state index in [0.29, 0.717) is 0 Å². The quantitative estimate of drug-likeness (QED) is 0.772. The number of hydrogen-bond donors (Lipinski definition) is 1. The average Bonchev–Trinajstić information content (AvgIpc) is 2.79. The topological polar surface area (TPSA) is 24.5 Å². The zero-order valence-electron chi connectivity index (χ0n) is 9.86. The van der Waals surface area contributed by atoms with Gasteiger partial charge in [-0.3, -0.25) is 5.01 Å². The second-order valence-electron chi connectivity index (χ2n) is 4.08. The first-order valence-electron chi connectivity index (χ1n) is 6.11. The van der Waals surface area contributed by atoms with Crippen molar-refractivity contribution in [2.75, 3.05) is 18.2 Å². The highest BCUT2D eigenvalue weighted by Crippen LogP contribution is 2.20. The van der Waals surface area contributed by atoms with E-state index < -0.39 is 0 Å². The summed E-state index contributed by atoms with van der Waals surface area (Å²) >= 11 is 0. The minimum Gasteiger partial charge on any atom is -0.357 e. The van der Waals surface area contributed by atoms with Crippen molar-refractivity contribution < 1.29 is 4.74 Å². The van der Waals surface area contributed by atoms with Gasteiger partial charge in [0, 0.05) is 19.6 Å². The highest BCUT2D eigenvalue weighted by atomic mass is 16.5. The Balaban J connectivity index is 1.93. The summed E-state index contributed by atoms with van der Waals surface area (Å²) in [6.07, 6.45) is 3.57. The SMILES string of the molecule is CCCCOC1CCNN1c1ccccc1. The van der Waals surface area contributed by atoms with Gasteiger partial charge in [0.25, 0.3) is 0 Å². The molecule has 88 valence electrons. The van der Waals surface area contributed by atoms with E-state index in [1.165, 1.54) is 12.1 Å². The molecular weight excluding hydrogens is 200 g/mol. The molecule has 1 unspecified atom stereocenters. The van der Waals surface area contributed by atoms with Gasteiger partial charge in [-0.05, 0) is 18.6 Å². The Bertz CT molecular complexity index is 302. The van der Waals surface area contributed by atoms with E-state index in [1.54, 1.807) is 0 Å². The lowest BCUT2D eigenvalue weighted by Gasteiger charge is -2.26. The van der Waals surface area contributed by atoms with E-state index in [0.717, 1.165) is 26.0 Å². The maximum Gasteiger partial charge on any atom is 0.145 e. The van der Waals surface area contributed by atoms with Crippen LogP contribution in [0.25, 0.3) is 0 Å². The minimum atomic E-state index is 0.189. The first kappa shape index (κ1) is 11.4. The summed E-state index contributed by atoms with van der Waals surface area (Å²) in [5, 5.41) is 2.13. The van der Waals surface area contributed by atoms with Crippen LogP contribution in [0.15, 0.2) is 30.3 Å². The second-order valence-corrected chi connectivity index (χ2v) is 4.08. The zero-order chi connectivity index (χ0) is 11.2. The molecule has 0 aliphatic carbocycles. The monoisotopic (exact) mass is 220 g/mol. The zero-order valence-corrected chi connectivity index (χ0v) is 9.86. The highest BCUT2D eigenvalue weighted by molar-refractivity contribution is 5.46. The summed E-state index contributed by atoms with van der Waals surface area (Å²) in [4.78, 5) is 0. The lowest BCUT2D eigenvalue weighted by molar-refractivity contribution is 0.0572. The maximum atomic E-state index is 5.87. The number of unbranched alkanes of at least 4 members (excludes halogenated alkanes) is 1. The van der Waals surface area contributed by atoms with Crippen LogP contribution in [-0.4, -0.2) is 19.4 Å². The Hall–Kier alpha value is -1.06. The van der Waals surface area contributed by atoms with Gasteiger partial charge in [-0.15, -0.1) is 0 Å². The van der Waals surface area contributed by atoms with Gasteiger partial charge in [0.05, 0.1) is 5.69 Å². The predicted molar refractivity (Wildman–Crippen MR) is 66.2 cm³/mol. The number of rotatable bonds is 5. The van der Waals surface area contributed by atoms with Gasteiger partial charge >= 0.3 is 0 Å². The molecule has 0 aromatic heterocycles. The van der Waals surface area contributed by atoms with Crippen LogP contribution in [0.2, 0.25) is 0 Å². The normalized spacial score (nSPS) is 20.3. The molecule has 3 nitrogen and oxygen atoms in total. The Labute approximate surface area is 97.4 Å². The number of hydrogen-bond acceptors (Lipinski definition) is 3. The molecular formula is C13H20N2O. The molecule has 1 aliphatic rings. The molecule has 1 saturated heterocycles. The molecule has 1 atom stereocenters. The van der Waals surface area contributed by atoms with E-state index >= 15 is 0 Å². The third kappa shape index (κ3) is 2.74. The number of benzene rings is 1. The smallest absolute Gasteiger partial charge is 0.145 e. The third-order valence-corrected chi connectivity index (χ3v) is 2.80. The van der Waals surface area contributed by atoms with Gasteiger partial charge in [-0.1, -0.05) is 31.5 Å². The van der Waals surface area contributed by atoms with E-state index in [1.807, 2.05) is 6.07 Å². The molecule has 3 heteroatoms. The van der Waals surface area contributed by atoms with Crippen molar-refractivity contribution in [3.63, 3.8) is 0 Å². The van der Waals surface area contributed by atoms with Crippen molar-refractivity contribution in [3.8, 4) is 0 Å². The van der Waals surface area contributed by atoms with E-state index in [4.69, 9.17) is 4.74 Å². The number of ether oxygens (including phenoxy) is 1. The molecule has 0 saturated carbocycles. The summed E-state index contributed by atoms with van der Waals surface area (Å²) < 4.78 is 5.87. The molecule has 0 amide bonds. The molecule has 0 radical (unpaired) electrons. The Morgan fingerprint density at radius 1 is 1.38 bits per heavy atom. The van der Waals surface area contributed by atoms with Gasteiger partial charge < -0.3 is 4.74 Å². The number of nitrogens with zero attached hydrogens (tertiary/aromatic N) is 1. The van der Waals surface area contributed by atoms with Gasteiger partial charge in [-0.2, -0.15) is 0 Å². The Morgan fingerprint density at radius 3 is 2.94 bits per heavy atom. The van der Waals surface area contributed by atoms with E-state index in [2.05, 4.69) is 41.6 Å². The van der Waals surface area contributed by atoms with E-state index in [9.17, 15) is 0 Å². The minimum absolute atomic E-state index is 0.189. The van der Waals surface area contributed by atoms with Crippen LogP contribution in [0, 0.1) is 0 Å². The number of anilines is 1. The van der Waals surface area contributed by atoms with Crippen LogP contribution in [0.4, 0.5) is 5.69 Å². The van der Waals surface area contributed by atoms with Gasteiger partial charge in [0.2, 0.25) is 0 Å². The molecule has 1 N–H and O–H groups in total. The van der Waals surface area contributed by atoms with Crippen molar-refractivity contribution in [1.29, 1.82) is 0 Å². The maximum absolute atomic E-state index is 5.87. The van der Waals surface area contributed by atoms with Gasteiger partial charge in [0.1, 0.15) is 6.23 Å². The third-order valence-electron chi connectivity index (χ3n) is 2.80. The molecule has 1 heterocycles. The average molecular weight is 220 g/mol. The van der Waals surface area contributed by atoms with Crippen LogP contribution in [0.3, 0.4) is 0 Å². The molecule has 1 aromatic rings. The molecule has 2 rings (SSSR count). The molecule has 1 aromatic carbocycles. The summed E-state index contributed by atoms with van der Waals surface area (Å²) in [7, 11) is 0. The number of nitrogens with one attached hydrogen (secondary N) is 1. The molecule has 0 bridgehead atoms. The molecule has 1 fully saturated rings. The summed E-state index contributed by atoms with van der Waals surface area (Å²) in [6.45, 7) is 4.03. The Kier molecular flexibility index (Phi) is 4.19. The predicted octanol–water partition coefficient (Wildman–Crippen LogP) is 2.54. The van der Waals surface area contributed by atoms with Crippen LogP contribution in [0.5, 0.6) is 0 Å². The van der Waals surface area contributed by atoms with Gasteiger partial charge in [-0.25, -0.2) is 5.43 Å². The molecule has 0 spiro atoms. The largest absolute Gasteiger partial charge is 0.357 e. The lowest BCUT2D eigenvalue weighted by Crippen LogP contribution is -2.38. The van der Waals surface area contributed by atoms with Crippen LogP contribution >= 0.6 is 0 Å².